The number of carbonyl (C=O) groups excluding carboxylic acids is 1. The zero-order valence-electron chi connectivity index (χ0n) is 13.1. The van der Waals surface area contributed by atoms with Crippen molar-refractivity contribution in [3.63, 3.8) is 0 Å². The van der Waals surface area contributed by atoms with Crippen LogP contribution in [0.2, 0.25) is 0 Å². The van der Waals surface area contributed by atoms with Gasteiger partial charge in [-0.2, -0.15) is 0 Å². The average molecular weight is 293 g/mol. The molecule has 2 nitrogen and oxygen atoms in total. The molecule has 1 N–H and O–H groups in total. The van der Waals surface area contributed by atoms with Gasteiger partial charge in [0.2, 0.25) is 5.91 Å². The van der Waals surface area contributed by atoms with Gasteiger partial charge in [0.15, 0.2) is 0 Å². The van der Waals surface area contributed by atoms with E-state index in [0.717, 1.165) is 25.7 Å². The fourth-order valence-corrected chi connectivity index (χ4v) is 3.18. The van der Waals surface area contributed by atoms with Crippen LogP contribution in [-0.4, -0.2) is 5.91 Å². The van der Waals surface area contributed by atoms with Crippen LogP contribution < -0.4 is 5.32 Å². The molecule has 0 aromatic heterocycles. The van der Waals surface area contributed by atoms with Gasteiger partial charge in [-0.1, -0.05) is 54.1 Å². The van der Waals surface area contributed by atoms with Gasteiger partial charge in [0, 0.05) is 6.42 Å². The quantitative estimate of drug-likeness (QED) is 0.902. The highest BCUT2D eigenvalue weighted by Gasteiger charge is 2.20. The lowest BCUT2D eigenvalue weighted by Crippen LogP contribution is -2.31. The monoisotopic (exact) mass is 293 g/mol. The van der Waals surface area contributed by atoms with Crippen molar-refractivity contribution in [2.45, 2.75) is 45.1 Å². The molecule has 0 aliphatic heterocycles. The Balaban J connectivity index is 1.57. The molecule has 22 heavy (non-hydrogen) atoms. The summed E-state index contributed by atoms with van der Waals surface area (Å²) < 4.78 is 0. The first-order valence-corrected chi connectivity index (χ1v) is 8.15. The molecule has 1 atom stereocenters. The molecule has 0 radical (unpaired) electrons. The first kappa shape index (κ1) is 14.8. The van der Waals surface area contributed by atoms with Gasteiger partial charge >= 0.3 is 0 Å². The summed E-state index contributed by atoms with van der Waals surface area (Å²) in [6.07, 6.45) is 4.70. The molecule has 0 heterocycles. The molecule has 2 heteroatoms. The molecule has 0 saturated carbocycles. The molecule has 0 saturated heterocycles. The summed E-state index contributed by atoms with van der Waals surface area (Å²) in [6.45, 7) is 2.08. The maximum Gasteiger partial charge on any atom is 0.220 e. The van der Waals surface area contributed by atoms with Crippen molar-refractivity contribution in [1.29, 1.82) is 0 Å². The van der Waals surface area contributed by atoms with Crippen LogP contribution in [0.15, 0.2) is 48.5 Å². The molecule has 2 aromatic rings. The van der Waals surface area contributed by atoms with Gasteiger partial charge in [0.05, 0.1) is 6.04 Å². The molecule has 0 fully saturated rings. The summed E-state index contributed by atoms with van der Waals surface area (Å²) in [5.74, 6) is 0.155. The second-order valence-corrected chi connectivity index (χ2v) is 6.20. The summed E-state index contributed by atoms with van der Waals surface area (Å²) in [5.41, 5.74) is 5.17. The van der Waals surface area contributed by atoms with Crippen LogP contribution in [0.4, 0.5) is 0 Å². The number of nitrogens with one attached hydrogen (secondary N) is 1. The van der Waals surface area contributed by atoms with Crippen molar-refractivity contribution in [3.05, 3.63) is 70.8 Å². The predicted molar refractivity (Wildman–Crippen MR) is 89.8 cm³/mol. The minimum absolute atomic E-state index is 0.155. The number of amides is 1. The Labute approximate surface area is 132 Å². The molecule has 1 aliphatic carbocycles. The number of benzene rings is 2. The van der Waals surface area contributed by atoms with E-state index in [1.54, 1.807) is 0 Å². The Kier molecular flexibility index (Phi) is 4.57. The van der Waals surface area contributed by atoms with Gasteiger partial charge in [-0.05, 0) is 49.3 Å². The molecule has 1 aliphatic rings. The van der Waals surface area contributed by atoms with Crippen LogP contribution in [0.1, 0.15) is 47.6 Å². The molecule has 1 unspecified atom stereocenters. The van der Waals surface area contributed by atoms with Crippen molar-refractivity contribution in [2.24, 2.45) is 0 Å². The van der Waals surface area contributed by atoms with E-state index in [1.807, 2.05) is 0 Å². The Hall–Kier alpha value is -2.09. The maximum atomic E-state index is 12.3. The fraction of sp³-hybridized carbons (Fsp3) is 0.350. The summed E-state index contributed by atoms with van der Waals surface area (Å²) in [6, 6.07) is 17.1. The van der Waals surface area contributed by atoms with Gasteiger partial charge in [0.1, 0.15) is 0 Å². The largest absolute Gasteiger partial charge is 0.349 e. The minimum Gasteiger partial charge on any atom is -0.349 e. The van der Waals surface area contributed by atoms with E-state index in [1.165, 1.54) is 22.3 Å². The highest BCUT2D eigenvalue weighted by atomic mass is 16.1. The molecular weight excluding hydrogens is 270 g/mol. The Morgan fingerprint density at radius 3 is 2.73 bits per heavy atom. The van der Waals surface area contributed by atoms with Gasteiger partial charge in [0.25, 0.3) is 0 Å². The third-order valence-corrected chi connectivity index (χ3v) is 4.47. The van der Waals surface area contributed by atoms with E-state index in [-0.39, 0.29) is 11.9 Å². The Morgan fingerprint density at radius 1 is 1.14 bits per heavy atom. The average Bonchev–Trinajstić information content (AvgIpc) is 2.55. The molecule has 0 spiro atoms. The number of hydrogen-bond donors (Lipinski definition) is 1. The van der Waals surface area contributed by atoms with Crippen LogP contribution in [0.25, 0.3) is 0 Å². The highest BCUT2D eigenvalue weighted by molar-refractivity contribution is 5.76. The fourth-order valence-electron chi connectivity index (χ4n) is 3.18. The first-order chi connectivity index (χ1) is 10.7. The molecule has 114 valence electrons. The van der Waals surface area contributed by atoms with Crippen LogP contribution in [0.3, 0.4) is 0 Å². The second kappa shape index (κ2) is 6.78. The summed E-state index contributed by atoms with van der Waals surface area (Å²) in [7, 11) is 0. The Morgan fingerprint density at radius 2 is 1.91 bits per heavy atom. The number of fused-ring (bicyclic) bond motifs is 1. The van der Waals surface area contributed by atoms with Crippen molar-refractivity contribution < 1.29 is 4.79 Å². The van der Waals surface area contributed by atoms with E-state index < -0.39 is 0 Å². The third-order valence-electron chi connectivity index (χ3n) is 4.47. The molecule has 0 bridgehead atoms. The maximum absolute atomic E-state index is 12.3. The molecule has 1 amide bonds. The zero-order valence-corrected chi connectivity index (χ0v) is 13.1. The Bertz CT molecular complexity index is 645. The molecular formula is C20H23NO. The smallest absolute Gasteiger partial charge is 0.220 e. The number of hydrogen-bond acceptors (Lipinski definition) is 1. The van der Waals surface area contributed by atoms with Crippen molar-refractivity contribution in [2.75, 3.05) is 0 Å². The number of rotatable bonds is 4. The van der Waals surface area contributed by atoms with Gasteiger partial charge in [-0.25, -0.2) is 0 Å². The SMILES string of the molecule is Cc1ccc(CCC(=O)NC2CCCc3ccccc32)cc1. The van der Waals surface area contributed by atoms with Gasteiger partial charge in [-0.15, -0.1) is 0 Å². The molecule has 3 rings (SSSR count). The van der Waals surface area contributed by atoms with Crippen molar-refractivity contribution in [1.82, 2.24) is 5.32 Å². The van der Waals surface area contributed by atoms with Crippen LogP contribution >= 0.6 is 0 Å². The van der Waals surface area contributed by atoms with Crippen LogP contribution in [0, 0.1) is 6.92 Å². The number of aryl methyl sites for hydroxylation is 3. The zero-order chi connectivity index (χ0) is 15.4. The van der Waals surface area contributed by atoms with E-state index >= 15 is 0 Å². The third kappa shape index (κ3) is 3.56. The predicted octanol–water partition coefficient (Wildman–Crippen LogP) is 4.12. The topological polar surface area (TPSA) is 29.1 Å². The van der Waals surface area contributed by atoms with Crippen molar-refractivity contribution >= 4 is 5.91 Å². The summed E-state index contributed by atoms with van der Waals surface area (Å²) in [5, 5.41) is 3.22. The second-order valence-electron chi connectivity index (χ2n) is 6.20. The standard InChI is InChI=1S/C20H23NO/c1-15-9-11-16(12-10-15)13-14-20(22)21-19-8-4-6-17-5-2-3-7-18(17)19/h2-3,5,7,9-12,19H,4,6,8,13-14H2,1H3,(H,21,22). The first-order valence-electron chi connectivity index (χ1n) is 8.15. The van der Waals surface area contributed by atoms with Gasteiger partial charge in [-0.3, -0.25) is 4.79 Å². The van der Waals surface area contributed by atoms with Crippen LogP contribution in [-0.2, 0) is 17.6 Å². The number of carbonyl (C=O) groups is 1. The lowest BCUT2D eigenvalue weighted by Gasteiger charge is -2.26. The van der Waals surface area contributed by atoms with Gasteiger partial charge < -0.3 is 5.32 Å². The minimum atomic E-state index is 0.155. The van der Waals surface area contributed by atoms with Crippen LogP contribution in [0.5, 0.6) is 0 Å². The normalized spacial score (nSPS) is 16.9. The van der Waals surface area contributed by atoms with E-state index in [4.69, 9.17) is 0 Å². The summed E-state index contributed by atoms with van der Waals surface area (Å²) in [4.78, 5) is 12.3. The van der Waals surface area contributed by atoms with E-state index in [9.17, 15) is 4.79 Å². The lowest BCUT2D eigenvalue weighted by molar-refractivity contribution is -0.121. The van der Waals surface area contributed by atoms with Crippen molar-refractivity contribution in [3.8, 4) is 0 Å². The van der Waals surface area contributed by atoms with E-state index in [0.29, 0.717) is 6.42 Å². The molecule has 2 aromatic carbocycles. The lowest BCUT2D eigenvalue weighted by atomic mass is 9.87. The summed E-state index contributed by atoms with van der Waals surface area (Å²) >= 11 is 0. The van der Waals surface area contributed by atoms with E-state index in [2.05, 4.69) is 60.8 Å². The highest BCUT2D eigenvalue weighted by Crippen LogP contribution is 2.29.